The van der Waals surface area contributed by atoms with Gasteiger partial charge in [-0.15, -0.1) is 11.3 Å². The molecule has 2 aromatic rings. The molecule has 19 heavy (non-hydrogen) atoms. The van der Waals surface area contributed by atoms with Crippen LogP contribution in [-0.2, 0) is 17.6 Å². The fourth-order valence-electron chi connectivity index (χ4n) is 2.39. The Hall–Kier alpha value is -1.73. The van der Waals surface area contributed by atoms with Gasteiger partial charge in [0.1, 0.15) is 23.0 Å². The summed E-state index contributed by atoms with van der Waals surface area (Å²) in [6.45, 7) is -0.479. The second kappa shape index (κ2) is 4.75. The third-order valence-electron chi connectivity index (χ3n) is 3.29. The maximum atomic E-state index is 11.0. The number of aromatic nitrogens is 2. The van der Waals surface area contributed by atoms with Gasteiger partial charge in [0.25, 0.3) is 0 Å². The SMILES string of the molecule is O=C(O)C(CO)Nc1ncnc2sc3c(c12)CCC3. The maximum Gasteiger partial charge on any atom is 0.328 e. The predicted molar refractivity (Wildman–Crippen MR) is 71.6 cm³/mol. The first-order valence-electron chi connectivity index (χ1n) is 6.06. The van der Waals surface area contributed by atoms with Gasteiger partial charge in [0, 0.05) is 4.88 Å². The number of rotatable bonds is 4. The highest BCUT2D eigenvalue weighted by atomic mass is 32.1. The zero-order chi connectivity index (χ0) is 13.4. The molecular formula is C12H13N3O3S. The van der Waals surface area contributed by atoms with Gasteiger partial charge >= 0.3 is 5.97 Å². The second-order valence-electron chi connectivity index (χ2n) is 4.48. The minimum atomic E-state index is -1.10. The Balaban J connectivity index is 2.06. The summed E-state index contributed by atoms with van der Waals surface area (Å²) in [6, 6.07) is -1.05. The van der Waals surface area contributed by atoms with Crippen molar-refractivity contribution in [3.63, 3.8) is 0 Å². The molecular weight excluding hydrogens is 266 g/mol. The van der Waals surface area contributed by atoms with Crippen LogP contribution >= 0.6 is 11.3 Å². The van der Waals surface area contributed by atoms with Crippen LogP contribution < -0.4 is 5.32 Å². The van der Waals surface area contributed by atoms with Gasteiger partial charge in [-0.05, 0) is 24.8 Å². The molecule has 2 heterocycles. The van der Waals surface area contributed by atoms with Crippen molar-refractivity contribution in [2.45, 2.75) is 25.3 Å². The van der Waals surface area contributed by atoms with Crippen LogP contribution in [0.1, 0.15) is 16.9 Å². The Morgan fingerprint density at radius 2 is 2.32 bits per heavy atom. The summed E-state index contributed by atoms with van der Waals surface area (Å²) in [5.41, 5.74) is 1.23. The molecule has 100 valence electrons. The molecule has 0 amide bonds. The van der Waals surface area contributed by atoms with Crippen LogP contribution in [0, 0.1) is 0 Å². The average Bonchev–Trinajstić information content (AvgIpc) is 2.95. The van der Waals surface area contributed by atoms with Crippen molar-refractivity contribution < 1.29 is 15.0 Å². The first-order valence-corrected chi connectivity index (χ1v) is 6.88. The summed E-state index contributed by atoms with van der Waals surface area (Å²) in [7, 11) is 0. The average molecular weight is 279 g/mol. The zero-order valence-electron chi connectivity index (χ0n) is 10.1. The van der Waals surface area contributed by atoms with Gasteiger partial charge in [-0.25, -0.2) is 14.8 Å². The lowest BCUT2D eigenvalue weighted by atomic mass is 10.2. The minimum Gasteiger partial charge on any atom is -0.480 e. The molecule has 3 N–H and O–H groups in total. The number of hydrogen-bond acceptors (Lipinski definition) is 6. The molecule has 1 atom stereocenters. The number of fused-ring (bicyclic) bond motifs is 3. The van der Waals surface area contributed by atoms with E-state index in [1.807, 2.05) is 0 Å². The summed E-state index contributed by atoms with van der Waals surface area (Å²) in [5.74, 6) is -0.591. The molecule has 0 saturated carbocycles. The number of aliphatic hydroxyl groups excluding tert-OH is 1. The molecule has 1 aliphatic rings. The van der Waals surface area contributed by atoms with Crippen LogP contribution in [0.3, 0.4) is 0 Å². The number of carbonyl (C=O) groups is 1. The van der Waals surface area contributed by atoms with Gasteiger partial charge < -0.3 is 15.5 Å². The fraction of sp³-hybridized carbons (Fsp3) is 0.417. The van der Waals surface area contributed by atoms with Crippen molar-refractivity contribution in [3.05, 3.63) is 16.8 Å². The van der Waals surface area contributed by atoms with Crippen LogP contribution in [0.4, 0.5) is 5.82 Å². The highest BCUT2D eigenvalue weighted by Gasteiger charge is 2.23. The topological polar surface area (TPSA) is 95.3 Å². The Morgan fingerprint density at radius 1 is 1.47 bits per heavy atom. The van der Waals surface area contributed by atoms with Gasteiger partial charge in [0.05, 0.1) is 12.0 Å². The highest BCUT2D eigenvalue weighted by molar-refractivity contribution is 7.19. The molecule has 6 nitrogen and oxygen atoms in total. The molecule has 3 rings (SSSR count). The number of nitrogens with zero attached hydrogens (tertiary/aromatic N) is 2. The van der Waals surface area contributed by atoms with Crippen molar-refractivity contribution >= 4 is 33.3 Å². The van der Waals surface area contributed by atoms with E-state index in [0.29, 0.717) is 5.82 Å². The van der Waals surface area contributed by atoms with Gasteiger partial charge in [0.15, 0.2) is 0 Å². The number of thiophene rings is 1. The Labute approximate surface area is 113 Å². The number of nitrogens with one attached hydrogen (secondary N) is 1. The van der Waals surface area contributed by atoms with Crippen LogP contribution in [0.2, 0.25) is 0 Å². The van der Waals surface area contributed by atoms with Crippen molar-refractivity contribution in [2.75, 3.05) is 11.9 Å². The van der Waals surface area contributed by atoms with E-state index in [-0.39, 0.29) is 0 Å². The Bertz CT molecular complexity index is 640. The maximum absolute atomic E-state index is 11.0. The largest absolute Gasteiger partial charge is 0.480 e. The number of aliphatic hydroxyl groups is 1. The van der Waals surface area contributed by atoms with Crippen molar-refractivity contribution in [1.29, 1.82) is 0 Å². The standard InChI is InChI=1S/C12H13N3O3S/c16-4-7(12(17)18)15-10-9-6-2-1-3-8(6)19-11(9)14-5-13-10/h5,7,16H,1-4H2,(H,17,18)(H,13,14,15). The van der Waals surface area contributed by atoms with E-state index in [1.54, 1.807) is 11.3 Å². The number of hydrogen-bond donors (Lipinski definition) is 3. The van der Waals surface area contributed by atoms with E-state index in [4.69, 9.17) is 10.2 Å². The number of aryl methyl sites for hydroxylation is 2. The Kier molecular flexibility index (Phi) is 3.08. The molecule has 0 aromatic carbocycles. The molecule has 1 unspecified atom stereocenters. The van der Waals surface area contributed by atoms with Crippen LogP contribution in [0.25, 0.3) is 10.2 Å². The summed E-state index contributed by atoms with van der Waals surface area (Å²) in [5, 5.41) is 21.8. The number of aliphatic carboxylic acids is 1. The smallest absolute Gasteiger partial charge is 0.328 e. The van der Waals surface area contributed by atoms with E-state index in [9.17, 15) is 4.79 Å². The third-order valence-corrected chi connectivity index (χ3v) is 4.49. The molecule has 2 aromatic heterocycles. The molecule has 0 fully saturated rings. The number of anilines is 1. The number of carboxylic acids is 1. The molecule has 0 bridgehead atoms. The fourth-order valence-corrected chi connectivity index (χ4v) is 3.62. The van der Waals surface area contributed by atoms with Crippen molar-refractivity contribution in [3.8, 4) is 0 Å². The zero-order valence-corrected chi connectivity index (χ0v) is 10.9. The summed E-state index contributed by atoms with van der Waals surface area (Å²) < 4.78 is 0. The quantitative estimate of drug-likeness (QED) is 0.774. The van der Waals surface area contributed by atoms with E-state index in [1.165, 1.54) is 16.8 Å². The third kappa shape index (κ3) is 2.04. The molecule has 1 aliphatic carbocycles. The Morgan fingerprint density at radius 3 is 3.05 bits per heavy atom. The monoisotopic (exact) mass is 279 g/mol. The predicted octanol–water partition coefficient (Wildman–Crippen LogP) is 1.04. The summed E-state index contributed by atoms with van der Waals surface area (Å²) >= 11 is 1.64. The van der Waals surface area contributed by atoms with E-state index in [0.717, 1.165) is 29.5 Å². The first kappa shape index (κ1) is 12.3. The van der Waals surface area contributed by atoms with Crippen LogP contribution in [0.15, 0.2) is 6.33 Å². The van der Waals surface area contributed by atoms with Crippen molar-refractivity contribution in [2.24, 2.45) is 0 Å². The second-order valence-corrected chi connectivity index (χ2v) is 5.56. The van der Waals surface area contributed by atoms with Crippen LogP contribution in [0.5, 0.6) is 0 Å². The van der Waals surface area contributed by atoms with Crippen LogP contribution in [-0.4, -0.2) is 38.8 Å². The summed E-state index contributed by atoms with van der Waals surface area (Å²) in [6.07, 6.45) is 4.58. The normalized spacial score (nSPS) is 15.4. The minimum absolute atomic E-state index is 0.479. The molecule has 0 spiro atoms. The van der Waals surface area contributed by atoms with Crippen molar-refractivity contribution in [1.82, 2.24) is 9.97 Å². The van der Waals surface area contributed by atoms with Gasteiger partial charge in [-0.2, -0.15) is 0 Å². The lowest BCUT2D eigenvalue weighted by molar-refractivity contribution is -0.138. The molecule has 0 aliphatic heterocycles. The van der Waals surface area contributed by atoms with E-state index < -0.39 is 18.6 Å². The van der Waals surface area contributed by atoms with Gasteiger partial charge in [-0.1, -0.05) is 0 Å². The molecule has 0 radical (unpaired) electrons. The lowest BCUT2D eigenvalue weighted by Gasteiger charge is -2.13. The summed E-state index contributed by atoms with van der Waals surface area (Å²) in [4.78, 5) is 21.6. The lowest BCUT2D eigenvalue weighted by Crippen LogP contribution is -2.33. The molecule has 0 saturated heterocycles. The van der Waals surface area contributed by atoms with Gasteiger partial charge in [0.2, 0.25) is 0 Å². The first-order chi connectivity index (χ1) is 9.20. The number of carboxylic acid groups (broad SMARTS) is 1. The van der Waals surface area contributed by atoms with E-state index >= 15 is 0 Å². The van der Waals surface area contributed by atoms with E-state index in [2.05, 4.69) is 15.3 Å². The molecule has 7 heteroatoms. The highest BCUT2D eigenvalue weighted by Crippen LogP contribution is 2.39. The van der Waals surface area contributed by atoms with Gasteiger partial charge in [-0.3, -0.25) is 0 Å².